The van der Waals surface area contributed by atoms with E-state index >= 15 is 0 Å². The fraction of sp³-hybridized carbons (Fsp3) is 0.263. The van der Waals surface area contributed by atoms with Gasteiger partial charge in [0.15, 0.2) is 6.61 Å². The van der Waals surface area contributed by atoms with Crippen molar-refractivity contribution < 1.29 is 9.15 Å². The molecule has 2 aromatic carbocycles. The largest absolute Gasteiger partial charge is 0.484 e. The molecule has 0 aliphatic rings. The van der Waals surface area contributed by atoms with Crippen LogP contribution in [-0.2, 0) is 13.0 Å². The number of halogens is 1. The van der Waals surface area contributed by atoms with Crippen LogP contribution in [0.15, 0.2) is 57.4 Å². The summed E-state index contributed by atoms with van der Waals surface area (Å²) in [5.74, 6) is 2.34. The van der Waals surface area contributed by atoms with Crippen LogP contribution in [-0.4, -0.2) is 10.2 Å². The zero-order valence-electron chi connectivity index (χ0n) is 13.7. The van der Waals surface area contributed by atoms with Crippen LogP contribution >= 0.6 is 15.9 Å². The molecule has 0 atom stereocenters. The number of aromatic nitrogens is 2. The van der Waals surface area contributed by atoms with Gasteiger partial charge in [0.2, 0.25) is 5.89 Å². The lowest BCUT2D eigenvalue weighted by atomic mass is 10.0. The molecule has 1 heterocycles. The molecule has 0 aliphatic carbocycles. The van der Waals surface area contributed by atoms with Gasteiger partial charge in [-0.3, -0.25) is 0 Å². The van der Waals surface area contributed by atoms with Crippen molar-refractivity contribution >= 4 is 15.9 Å². The van der Waals surface area contributed by atoms with Crippen molar-refractivity contribution in [2.75, 3.05) is 0 Å². The average Bonchev–Trinajstić information content (AvgIpc) is 3.03. The Balaban J connectivity index is 1.63. The molecule has 0 N–H and O–H groups in total. The second-order valence-electron chi connectivity index (χ2n) is 5.87. The van der Waals surface area contributed by atoms with E-state index in [4.69, 9.17) is 9.15 Å². The Bertz CT molecular complexity index is 797. The van der Waals surface area contributed by atoms with E-state index in [0.29, 0.717) is 24.1 Å². The van der Waals surface area contributed by atoms with Gasteiger partial charge in [0.05, 0.1) is 6.42 Å². The second kappa shape index (κ2) is 7.62. The topological polar surface area (TPSA) is 48.2 Å². The van der Waals surface area contributed by atoms with Crippen LogP contribution in [0.2, 0.25) is 0 Å². The van der Waals surface area contributed by atoms with E-state index in [-0.39, 0.29) is 6.61 Å². The highest BCUT2D eigenvalue weighted by Gasteiger charge is 2.11. The zero-order valence-corrected chi connectivity index (χ0v) is 15.3. The molecular weight excluding hydrogens is 368 g/mol. The molecule has 0 saturated heterocycles. The second-order valence-corrected chi connectivity index (χ2v) is 6.79. The third-order valence-electron chi connectivity index (χ3n) is 3.67. The molecule has 0 fully saturated rings. The Labute approximate surface area is 150 Å². The Hall–Kier alpha value is -2.14. The van der Waals surface area contributed by atoms with Gasteiger partial charge in [-0.25, -0.2) is 0 Å². The van der Waals surface area contributed by atoms with Crippen LogP contribution in [0.1, 0.15) is 42.7 Å². The summed E-state index contributed by atoms with van der Waals surface area (Å²) in [5.41, 5.74) is 2.30. The van der Waals surface area contributed by atoms with Gasteiger partial charge in [0.1, 0.15) is 5.75 Å². The number of rotatable bonds is 6. The summed E-state index contributed by atoms with van der Waals surface area (Å²) >= 11 is 3.43. The maximum Gasteiger partial charge on any atom is 0.253 e. The minimum absolute atomic E-state index is 0.275. The quantitative estimate of drug-likeness (QED) is 0.589. The SMILES string of the molecule is CC(C)c1ccccc1OCc1nnc(Cc2ccc(Br)cc2)o1. The molecule has 0 saturated carbocycles. The highest BCUT2D eigenvalue weighted by Crippen LogP contribution is 2.26. The Morgan fingerprint density at radius 2 is 1.71 bits per heavy atom. The first-order chi connectivity index (χ1) is 11.6. The summed E-state index contributed by atoms with van der Waals surface area (Å²) < 4.78 is 12.6. The van der Waals surface area contributed by atoms with Gasteiger partial charge in [-0.1, -0.05) is 60.1 Å². The molecular formula is C19H19BrN2O2. The van der Waals surface area contributed by atoms with Gasteiger partial charge in [-0.05, 0) is 35.2 Å². The lowest BCUT2D eigenvalue weighted by Gasteiger charge is -2.12. The molecule has 4 nitrogen and oxygen atoms in total. The summed E-state index contributed by atoms with van der Waals surface area (Å²) in [4.78, 5) is 0. The number of ether oxygens (including phenoxy) is 1. The minimum atomic E-state index is 0.275. The van der Waals surface area contributed by atoms with E-state index < -0.39 is 0 Å². The van der Waals surface area contributed by atoms with E-state index in [2.05, 4.69) is 46.0 Å². The molecule has 5 heteroatoms. The Morgan fingerprint density at radius 1 is 1.00 bits per heavy atom. The third-order valence-corrected chi connectivity index (χ3v) is 4.20. The first-order valence-corrected chi connectivity index (χ1v) is 8.68. The maximum absolute atomic E-state index is 5.86. The molecule has 0 radical (unpaired) electrons. The first-order valence-electron chi connectivity index (χ1n) is 7.89. The molecule has 124 valence electrons. The fourth-order valence-corrected chi connectivity index (χ4v) is 2.69. The van der Waals surface area contributed by atoms with Crippen molar-refractivity contribution in [2.45, 2.75) is 32.8 Å². The molecule has 0 unspecified atom stereocenters. The van der Waals surface area contributed by atoms with Crippen LogP contribution in [0.4, 0.5) is 0 Å². The van der Waals surface area contributed by atoms with Crippen LogP contribution in [0, 0.1) is 0 Å². The van der Waals surface area contributed by atoms with E-state index in [1.165, 1.54) is 5.56 Å². The van der Waals surface area contributed by atoms with Gasteiger partial charge in [-0.2, -0.15) is 0 Å². The number of nitrogens with zero attached hydrogens (tertiary/aromatic N) is 2. The van der Waals surface area contributed by atoms with Crippen molar-refractivity contribution in [1.82, 2.24) is 10.2 Å². The molecule has 3 aromatic rings. The lowest BCUT2D eigenvalue weighted by molar-refractivity contribution is 0.256. The van der Waals surface area contributed by atoms with Crippen molar-refractivity contribution in [1.29, 1.82) is 0 Å². The summed E-state index contributed by atoms with van der Waals surface area (Å²) in [5, 5.41) is 8.16. The standard InChI is InChI=1S/C19H19BrN2O2/c1-13(2)16-5-3-4-6-17(16)23-12-19-22-21-18(24-19)11-14-7-9-15(20)10-8-14/h3-10,13H,11-12H2,1-2H3. The number of hydrogen-bond donors (Lipinski definition) is 0. The van der Waals surface area contributed by atoms with Crippen molar-refractivity contribution in [3.05, 3.63) is 75.9 Å². The predicted molar refractivity (Wildman–Crippen MR) is 96.1 cm³/mol. The van der Waals surface area contributed by atoms with E-state index in [1.807, 2.05) is 42.5 Å². The summed E-state index contributed by atoms with van der Waals surface area (Å²) in [6.07, 6.45) is 0.614. The summed E-state index contributed by atoms with van der Waals surface area (Å²) in [7, 11) is 0. The van der Waals surface area contributed by atoms with E-state index in [1.54, 1.807) is 0 Å². The van der Waals surface area contributed by atoms with Crippen molar-refractivity contribution in [3.8, 4) is 5.75 Å². The Kier molecular flexibility index (Phi) is 5.30. The first kappa shape index (κ1) is 16.7. The molecule has 0 bridgehead atoms. The summed E-state index contributed by atoms with van der Waals surface area (Å²) in [6, 6.07) is 16.1. The van der Waals surface area contributed by atoms with Crippen molar-refractivity contribution in [3.63, 3.8) is 0 Å². The van der Waals surface area contributed by atoms with Crippen LogP contribution < -0.4 is 4.74 Å². The normalized spacial score (nSPS) is 11.0. The molecule has 0 spiro atoms. The molecule has 3 rings (SSSR count). The predicted octanol–water partition coefficient (Wildman–Crippen LogP) is 5.13. The third kappa shape index (κ3) is 4.23. The number of benzene rings is 2. The molecule has 1 aromatic heterocycles. The monoisotopic (exact) mass is 386 g/mol. The van der Waals surface area contributed by atoms with Gasteiger partial charge < -0.3 is 9.15 Å². The van der Waals surface area contributed by atoms with Crippen LogP contribution in [0.25, 0.3) is 0 Å². The van der Waals surface area contributed by atoms with Gasteiger partial charge >= 0.3 is 0 Å². The lowest BCUT2D eigenvalue weighted by Crippen LogP contribution is -2.00. The average molecular weight is 387 g/mol. The van der Waals surface area contributed by atoms with Crippen molar-refractivity contribution in [2.24, 2.45) is 0 Å². The molecule has 0 aliphatic heterocycles. The summed E-state index contributed by atoms with van der Waals surface area (Å²) in [6.45, 7) is 4.56. The van der Waals surface area contributed by atoms with E-state index in [0.717, 1.165) is 15.8 Å². The smallest absolute Gasteiger partial charge is 0.253 e. The zero-order chi connectivity index (χ0) is 16.9. The van der Waals surface area contributed by atoms with Crippen LogP contribution in [0.3, 0.4) is 0 Å². The minimum Gasteiger partial charge on any atom is -0.484 e. The fourth-order valence-electron chi connectivity index (χ4n) is 2.42. The number of para-hydroxylation sites is 1. The van der Waals surface area contributed by atoms with Gasteiger partial charge in [0, 0.05) is 4.47 Å². The number of hydrogen-bond acceptors (Lipinski definition) is 4. The highest BCUT2D eigenvalue weighted by molar-refractivity contribution is 9.10. The van der Waals surface area contributed by atoms with Gasteiger partial charge in [0.25, 0.3) is 5.89 Å². The highest BCUT2D eigenvalue weighted by atomic mass is 79.9. The van der Waals surface area contributed by atoms with Gasteiger partial charge in [-0.15, -0.1) is 10.2 Å². The molecule has 24 heavy (non-hydrogen) atoms. The molecule has 0 amide bonds. The van der Waals surface area contributed by atoms with Crippen LogP contribution in [0.5, 0.6) is 5.75 Å². The Morgan fingerprint density at radius 3 is 2.46 bits per heavy atom. The van der Waals surface area contributed by atoms with E-state index in [9.17, 15) is 0 Å². The maximum atomic E-state index is 5.86.